The van der Waals surface area contributed by atoms with Crippen molar-refractivity contribution in [3.05, 3.63) is 82.6 Å². The number of halogens is 1. The number of carbonyl (C=O) groups is 1. The van der Waals surface area contributed by atoms with E-state index in [1.54, 1.807) is 12.1 Å². The number of rotatable bonds is 6. The number of nitrogens with one attached hydrogen (secondary N) is 1. The van der Waals surface area contributed by atoms with E-state index >= 15 is 0 Å². The number of sulfone groups is 1. The number of anilines is 1. The predicted octanol–water partition coefficient (Wildman–Crippen LogP) is 4.47. The number of aromatic nitrogens is 1. The third-order valence-electron chi connectivity index (χ3n) is 4.87. The predicted molar refractivity (Wildman–Crippen MR) is 128 cm³/mol. The number of nitrogens with zero attached hydrogens (tertiary/aromatic N) is 1. The molecule has 3 rings (SSSR count). The molecule has 0 aliphatic rings. The number of sulfonamides is 1. The Morgan fingerprint density at radius 2 is 1.58 bits per heavy atom. The van der Waals surface area contributed by atoms with Gasteiger partial charge in [0.1, 0.15) is 5.69 Å². The molecule has 1 N–H and O–H groups in total. The van der Waals surface area contributed by atoms with Crippen LogP contribution in [0.2, 0.25) is 5.02 Å². The highest BCUT2D eigenvalue weighted by atomic mass is 35.5. The monoisotopic (exact) mass is 506 g/mol. The summed E-state index contributed by atoms with van der Waals surface area (Å²) in [5.74, 6) is -0.655. The van der Waals surface area contributed by atoms with Crippen LogP contribution in [0.15, 0.2) is 70.6 Å². The molecular formula is C23H23ClN2O5S2. The van der Waals surface area contributed by atoms with Gasteiger partial charge in [-0.15, -0.1) is 0 Å². The first-order valence-electron chi connectivity index (χ1n) is 9.82. The number of carbonyl (C=O) groups excluding carboxylic acids is 1. The van der Waals surface area contributed by atoms with E-state index in [4.69, 9.17) is 11.6 Å². The normalized spacial score (nSPS) is 12.4. The average Bonchev–Trinajstić information content (AvgIpc) is 2.72. The zero-order valence-electron chi connectivity index (χ0n) is 18.5. The van der Waals surface area contributed by atoms with Gasteiger partial charge in [-0.1, -0.05) is 56.6 Å². The summed E-state index contributed by atoms with van der Waals surface area (Å²) in [6, 6.07) is 13.2. The van der Waals surface area contributed by atoms with Crippen LogP contribution >= 0.6 is 11.6 Å². The Bertz CT molecular complexity index is 1430. The van der Waals surface area contributed by atoms with Gasteiger partial charge >= 0.3 is 0 Å². The van der Waals surface area contributed by atoms with Crippen LogP contribution in [0.5, 0.6) is 0 Å². The maximum Gasteiger partial charge on any atom is 0.261 e. The molecule has 0 fully saturated rings. The van der Waals surface area contributed by atoms with Gasteiger partial charge in [0.05, 0.1) is 20.5 Å². The Morgan fingerprint density at radius 1 is 0.939 bits per heavy atom. The second-order valence-electron chi connectivity index (χ2n) is 8.56. The molecule has 0 spiro atoms. The zero-order valence-corrected chi connectivity index (χ0v) is 20.8. The van der Waals surface area contributed by atoms with Crippen molar-refractivity contribution in [3.8, 4) is 0 Å². The van der Waals surface area contributed by atoms with Crippen LogP contribution in [0.4, 0.5) is 5.69 Å². The minimum absolute atomic E-state index is 0.00736. The Balaban J connectivity index is 2.00. The summed E-state index contributed by atoms with van der Waals surface area (Å²) >= 11 is 6.01. The van der Waals surface area contributed by atoms with Gasteiger partial charge in [-0.2, -0.15) is 0 Å². The molecule has 0 unspecified atom stereocenters. The van der Waals surface area contributed by atoms with Crippen molar-refractivity contribution in [1.82, 2.24) is 4.98 Å². The van der Waals surface area contributed by atoms with Crippen molar-refractivity contribution in [3.63, 3.8) is 0 Å². The van der Waals surface area contributed by atoms with Crippen molar-refractivity contribution in [2.75, 3.05) is 11.0 Å². The molecule has 0 aliphatic carbocycles. The lowest BCUT2D eigenvalue weighted by molar-refractivity contribution is 0.103. The molecule has 7 nitrogen and oxygen atoms in total. The minimum Gasteiger partial charge on any atom is -0.287 e. The molecule has 0 saturated heterocycles. The van der Waals surface area contributed by atoms with Gasteiger partial charge in [0, 0.05) is 18.0 Å². The lowest BCUT2D eigenvalue weighted by atomic mass is 9.87. The highest BCUT2D eigenvalue weighted by Gasteiger charge is 2.23. The Morgan fingerprint density at radius 3 is 2.15 bits per heavy atom. The summed E-state index contributed by atoms with van der Waals surface area (Å²) in [6.45, 7) is 6.05. The van der Waals surface area contributed by atoms with Crippen molar-refractivity contribution in [2.24, 2.45) is 0 Å². The molecule has 3 aromatic rings. The van der Waals surface area contributed by atoms with Crippen LogP contribution in [0.3, 0.4) is 0 Å². The molecule has 0 aliphatic heterocycles. The summed E-state index contributed by atoms with van der Waals surface area (Å²) in [5.41, 5.74) is 0.541. The average molecular weight is 507 g/mol. The Labute approximate surface area is 198 Å². The van der Waals surface area contributed by atoms with Crippen molar-refractivity contribution in [2.45, 2.75) is 36.0 Å². The number of pyridine rings is 1. The van der Waals surface area contributed by atoms with E-state index < -0.39 is 25.6 Å². The topological polar surface area (TPSA) is 110 Å². The van der Waals surface area contributed by atoms with Crippen LogP contribution < -0.4 is 4.72 Å². The minimum atomic E-state index is -4.06. The standard InChI is InChI=1S/C23H23ClN2O5S2/c1-23(2,3)16-8-10-18(11-9-16)33(30,31)26-20-13-17(24)14-25-21(20)22(27)15-6-5-7-19(12-15)32(4,28)29/h5-14,26H,1-4H3. The SMILES string of the molecule is CC(C)(C)c1ccc(S(=O)(=O)Nc2cc(Cl)cnc2C(=O)c2cccc(S(C)(=O)=O)c2)cc1. The third-order valence-corrected chi connectivity index (χ3v) is 7.57. The maximum absolute atomic E-state index is 13.1. The van der Waals surface area contributed by atoms with Crippen LogP contribution in [-0.4, -0.2) is 33.9 Å². The smallest absolute Gasteiger partial charge is 0.261 e. The van der Waals surface area contributed by atoms with Gasteiger partial charge in [0.15, 0.2) is 9.84 Å². The third kappa shape index (κ3) is 5.79. The summed E-state index contributed by atoms with van der Waals surface area (Å²) in [5, 5.41) is 0.122. The number of hydrogen-bond acceptors (Lipinski definition) is 6. The van der Waals surface area contributed by atoms with Crippen molar-refractivity contribution < 1.29 is 21.6 Å². The van der Waals surface area contributed by atoms with Crippen LogP contribution in [0.1, 0.15) is 42.4 Å². The van der Waals surface area contributed by atoms with E-state index in [0.717, 1.165) is 11.8 Å². The van der Waals surface area contributed by atoms with Gasteiger partial charge in [-0.3, -0.25) is 9.52 Å². The van der Waals surface area contributed by atoms with E-state index in [9.17, 15) is 21.6 Å². The molecule has 174 valence electrons. The van der Waals surface area contributed by atoms with Crippen molar-refractivity contribution in [1.29, 1.82) is 0 Å². The molecule has 10 heteroatoms. The van der Waals surface area contributed by atoms with E-state index in [2.05, 4.69) is 9.71 Å². The summed E-state index contributed by atoms with van der Waals surface area (Å²) < 4.78 is 52.1. The Hall–Kier alpha value is -2.75. The van der Waals surface area contributed by atoms with Gasteiger partial charge < -0.3 is 0 Å². The van der Waals surface area contributed by atoms with Gasteiger partial charge in [-0.25, -0.2) is 21.8 Å². The molecular weight excluding hydrogens is 484 g/mol. The van der Waals surface area contributed by atoms with Crippen LogP contribution in [0.25, 0.3) is 0 Å². The lowest BCUT2D eigenvalue weighted by Gasteiger charge is -2.19. The van der Waals surface area contributed by atoms with Gasteiger partial charge in [-0.05, 0) is 41.3 Å². The molecule has 1 heterocycles. The number of ketones is 1. The molecule has 0 bridgehead atoms. The molecule has 0 radical (unpaired) electrons. The first-order valence-corrected chi connectivity index (χ1v) is 13.6. The summed E-state index contributed by atoms with van der Waals surface area (Å²) in [6.07, 6.45) is 2.24. The van der Waals surface area contributed by atoms with Gasteiger partial charge in [0.25, 0.3) is 10.0 Å². The molecule has 33 heavy (non-hydrogen) atoms. The first-order chi connectivity index (χ1) is 15.2. The maximum atomic E-state index is 13.1. The van der Waals surface area contributed by atoms with Crippen LogP contribution in [-0.2, 0) is 25.3 Å². The highest BCUT2D eigenvalue weighted by molar-refractivity contribution is 7.92. The fraction of sp³-hybridized carbons (Fsp3) is 0.217. The first kappa shape index (κ1) is 24.9. The van der Waals surface area contributed by atoms with E-state index in [0.29, 0.717) is 0 Å². The quantitative estimate of drug-likeness (QED) is 0.494. The Kier molecular flexibility index (Phi) is 6.70. The fourth-order valence-electron chi connectivity index (χ4n) is 3.04. The van der Waals surface area contributed by atoms with Crippen LogP contribution in [0, 0.1) is 0 Å². The van der Waals surface area contributed by atoms with E-state index in [1.807, 2.05) is 20.8 Å². The van der Waals surface area contributed by atoms with E-state index in [1.165, 1.54) is 48.7 Å². The lowest BCUT2D eigenvalue weighted by Crippen LogP contribution is -2.18. The second kappa shape index (κ2) is 8.89. The number of benzene rings is 2. The van der Waals surface area contributed by atoms with Gasteiger partial charge in [0.2, 0.25) is 5.78 Å². The number of hydrogen-bond donors (Lipinski definition) is 1. The zero-order chi connectivity index (χ0) is 24.6. The molecule has 0 amide bonds. The largest absolute Gasteiger partial charge is 0.287 e. The molecule has 2 aromatic carbocycles. The highest BCUT2D eigenvalue weighted by Crippen LogP contribution is 2.27. The summed E-state index contributed by atoms with van der Waals surface area (Å²) in [4.78, 5) is 17.1. The van der Waals surface area contributed by atoms with E-state index in [-0.39, 0.29) is 37.2 Å². The molecule has 0 saturated carbocycles. The molecule has 1 aromatic heterocycles. The summed E-state index contributed by atoms with van der Waals surface area (Å²) in [7, 11) is -7.60. The van der Waals surface area contributed by atoms with Crippen molar-refractivity contribution >= 4 is 42.9 Å². The molecule has 0 atom stereocenters. The fourth-order valence-corrected chi connectivity index (χ4v) is 4.92. The second-order valence-corrected chi connectivity index (χ2v) is 12.7.